The summed E-state index contributed by atoms with van der Waals surface area (Å²) >= 11 is 0. The second-order valence-corrected chi connectivity index (χ2v) is 14.1. The minimum Gasteiger partial charge on any atom is -0.852 e. The van der Waals surface area contributed by atoms with Crippen molar-refractivity contribution in [3.8, 4) is 0 Å². The molecule has 1 aliphatic rings. The molecule has 256 valence electrons. The van der Waals surface area contributed by atoms with Crippen molar-refractivity contribution >= 4 is 5.84 Å². The van der Waals surface area contributed by atoms with Crippen LogP contribution < -0.4 is 5.11 Å². The van der Waals surface area contributed by atoms with Crippen LogP contribution in [0.2, 0.25) is 0 Å². The highest BCUT2D eigenvalue weighted by Crippen LogP contribution is 2.17. The van der Waals surface area contributed by atoms with Gasteiger partial charge in [0.2, 0.25) is 5.84 Å². The molecule has 1 heterocycles. The molecule has 1 rings (SSSR count). The average molecular weight is 605 g/mol. The fraction of sp³-hybridized carbons (Fsp3) is 0.975. The molecule has 0 aromatic rings. The second kappa shape index (κ2) is 32.8. The van der Waals surface area contributed by atoms with E-state index in [1.807, 2.05) is 0 Å². The van der Waals surface area contributed by atoms with E-state index in [9.17, 15) is 5.11 Å². The average Bonchev–Trinajstić information content (AvgIpc) is 3.39. The van der Waals surface area contributed by atoms with Gasteiger partial charge in [-0.1, -0.05) is 194 Å². The first-order valence-corrected chi connectivity index (χ1v) is 20.3. The topological polar surface area (TPSA) is 29.3 Å². The van der Waals surface area contributed by atoms with Gasteiger partial charge < -0.3 is 5.11 Å². The van der Waals surface area contributed by atoms with Crippen LogP contribution in [0.5, 0.6) is 0 Å². The molecular weight excluding hydrogens is 524 g/mol. The van der Waals surface area contributed by atoms with Gasteiger partial charge in [-0.05, 0) is 19.3 Å². The molecule has 0 amide bonds. The summed E-state index contributed by atoms with van der Waals surface area (Å²) in [6.07, 6.45) is 45.4. The third-order valence-electron chi connectivity index (χ3n) is 10.0. The molecular formula is C40H80N2O. The maximum atomic E-state index is 11.4. The first-order valence-electron chi connectivity index (χ1n) is 20.3. The van der Waals surface area contributed by atoms with Crippen molar-refractivity contribution < 1.29 is 9.68 Å². The molecule has 0 saturated heterocycles. The van der Waals surface area contributed by atoms with Crippen LogP contribution in [0.4, 0.5) is 0 Å². The second-order valence-electron chi connectivity index (χ2n) is 14.1. The molecule has 0 N–H and O–H groups in total. The highest BCUT2D eigenvalue weighted by molar-refractivity contribution is 5.78. The van der Waals surface area contributed by atoms with Crippen molar-refractivity contribution in [3.63, 3.8) is 0 Å². The van der Waals surface area contributed by atoms with Crippen molar-refractivity contribution in [2.45, 2.75) is 219 Å². The number of hydrogen-bond acceptors (Lipinski definition) is 2. The number of unbranched alkanes of at least 4 members (excludes halogenated alkanes) is 29. The van der Waals surface area contributed by atoms with Gasteiger partial charge in [0.1, 0.15) is 13.1 Å². The maximum Gasteiger partial charge on any atom is 0.247 e. The van der Waals surface area contributed by atoms with E-state index in [2.05, 4.69) is 23.3 Å². The fourth-order valence-corrected chi connectivity index (χ4v) is 7.11. The SMILES string of the molecule is CCCCCCCCCCCCCCCCCC[N+]1=C(CCCCCCCCCCCCCCCCC)N(CC[O-])CC1. The molecule has 0 spiro atoms. The van der Waals surface area contributed by atoms with Gasteiger partial charge in [-0.2, -0.15) is 0 Å². The third kappa shape index (κ3) is 25.3. The Bertz CT molecular complexity index is 589. The lowest BCUT2D eigenvalue weighted by Gasteiger charge is -2.15. The van der Waals surface area contributed by atoms with E-state index in [4.69, 9.17) is 0 Å². The summed E-state index contributed by atoms with van der Waals surface area (Å²) in [6.45, 7) is 8.79. The Morgan fingerprint density at radius 3 is 1.14 bits per heavy atom. The number of rotatable bonds is 35. The zero-order valence-electron chi connectivity index (χ0n) is 30.0. The lowest BCUT2D eigenvalue weighted by atomic mass is 10.0. The van der Waals surface area contributed by atoms with E-state index in [0.717, 1.165) is 13.1 Å². The van der Waals surface area contributed by atoms with Crippen molar-refractivity contribution in [3.05, 3.63) is 0 Å². The Kier molecular flexibility index (Phi) is 30.9. The van der Waals surface area contributed by atoms with Crippen molar-refractivity contribution in [1.29, 1.82) is 0 Å². The van der Waals surface area contributed by atoms with Crippen molar-refractivity contribution in [1.82, 2.24) is 4.90 Å². The van der Waals surface area contributed by atoms with Crippen molar-refractivity contribution in [2.75, 3.05) is 32.8 Å². The first kappa shape index (κ1) is 40.5. The van der Waals surface area contributed by atoms with Crippen LogP contribution in [-0.2, 0) is 0 Å². The summed E-state index contributed by atoms with van der Waals surface area (Å²) in [5.74, 6) is 1.51. The molecule has 0 fully saturated rings. The summed E-state index contributed by atoms with van der Waals surface area (Å²) in [7, 11) is 0. The number of nitrogens with zero attached hydrogens (tertiary/aromatic N) is 2. The molecule has 0 aliphatic carbocycles. The van der Waals surface area contributed by atoms with Gasteiger partial charge in [-0.25, -0.2) is 0 Å². The van der Waals surface area contributed by atoms with Crippen LogP contribution in [0.25, 0.3) is 0 Å². The largest absolute Gasteiger partial charge is 0.852 e. The Hall–Kier alpha value is -0.570. The van der Waals surface area contributed by atoms with Gasteiger partial charge >= 0.3 is 0 Å². The molecule has 0 bridgehead atoms. The molecule has 0 unspecified atom stereocenters. The maximum absolute atomic E-state index is 11.4. The van der Waals surface area contributed by atoms with Crippen LogP contribution in [0, 0.1) is 0 Å². The summed E-state index contributed by atoms with van der Waals surface area (Å²) in [5.41, 5.74) is 0. The highest BCUT2D eigenvalue weighted by Gasteiger charge is 2.28. The summed E-state index contributed by atoms with van der Waals surface area (Å²) in [6, 6.07) is 0. The summed E-state index contributed by atoms with van der Waals surface area (Å²) in [5, 5.41) is 11.4. The molecule has 3 heteroatoms. The van der Waals surface area contributed by atoms with E-state index in [1.54, 1.807) is 0 Å². The molecule has 1 aliphatic heterocycles. The molecule has 0 radical (unpaired) electrons. The van der Waals surface area contributed by atoms with E-state index < -0.39 is 0 Å². The third-order valence-corrected chi connectivity index (χ3v) is 10.0. The fourth-order valence-electron chi connectivity index (χ4n) is 7.11. The van der Waals surface area contributed by atoms with Gasteiger partial charge in [0.25, 0.3) is 0 Å². The zero-order valence-corrected chi connectivity index (χ0v) is 30.0. The van der Waals surface area contributed by atoms with Crippen molar-refractivity contribution in [2.24, 2.45) is 0 Å². The smallest absolute Gasteiger partial charge is 0.247 e. The van der Waals surface area contributed by atoms with Crippen LogP contribution in [0.15, 0.2) is 0 Å². The molecule has 0 aromatic carbocycles. The van der Waals surface area contributed by atoms with E-state index in [1.165, 1.54) is 218 Å². The minimum absolute atomic E-state index is 0.0369. The monoisotopic (exact) mass is 605 g/mol. The Labute approximate surface area is 272 Å². The highest BCUT2D eigenvalue weighted by atomic mass is 16.3. The Balaban J connectivity index is 2.00. The lowest BCUT2D eigenvalue weighted by molar-refractivity contribution is -0.519. The van der Waals surface area contributed by atoms with Gasteiger partial charge in [0.15, 0.2) is 0 Å². The van der Waals surface area contributed by atoms with Crippen LogP contribution in [-0.4, -0.2) is 48.1 Å². The zero-order chi connectivity index (χ0) is 30.9. The molecule has 0 aromatic heterocycles. The predicted octanol–water partition coefficient (Wildman–Crippen LogP) is 11.6. The Morgan fingerprint density at radius 2 is 0.791 bits per heavy atom. The predicted molar refractivity (Wildman–Crippen MR) is 191 cm³/mol. The van der Waals surface area contributed by atoms with Gasteiger partial charge in [0.05, 0.1) is 13.1 Å². The van der Waals surface area contributed by atoms with Gasteiger partial charge in [0, 0.05) is 6.42 Å². The van der Waals surface area contributed by atoms with Gasteiger partial charge in [-0.15, -0.1) is 6.61 Å². The standard InChI is InChI=1S/C40H80N2O/c1-3-5-7-9-11-13-15-17-19-21-23-25-27-29-31-33-35-41-36-37-42(38-39-43)40(41)34-32-30-28-26-24-22-20-18-16-14-12-10-8-6-4-2/h3-39H2,1-2H3. The van der Waals surface area contributed by atoms with E-state index in [0.29, 0.717) is 6.54 Å². The molecule has 0 atom stereocenters. The first-order chi connectivity index (χ1) is 21.3. The van der Waals surface area contributed by atoms with E-state index >= 15 is 0 Å². The summed E-state index contributed by atoms with van der Waals surface area (Å²) < 4.78 is 2.64. The lowest BCUT2D eigenvalue weighted by Crippen LogP contribution is -2.35. The molecule has 0 saturated carbocycles. The van der Waals surface area contributed by atoms with Crippen LogP contribution in [0.3, 0.4) is 0 Å². The summed E-state index contributed by atoms with van der Waals surface area (Å²) in [4.78, 5) is 2.42. The quantitative estimate of drug-likeness (QED) is 0.0532. The molecule has 3 nitrogen and oxygen atoms in total. The van der Waals surface area contributed by atoms with Crippen LogP contribution >= 0.6 is 0 Å². The Morgan fingerprint density at radius 1 is 0.465 bits per heavy atom. The normalized spacial score (nSPS) is 13.6. The number of amidine groups is 1. The number of hydrogen-bond donors (Lipinski definition) is 0. The van der Waals surface area contributed by atoms with Gasteiger partial charge in [-0.3, -0.25) is 9.48 Å². The minimum atomic E-state index is 0.0369. The molecule has 43 heavy (non-hydrogen) atoms. The van der Waals surface area contributed by atoms with E-state index in [-0.39, 0.29) is 6.61 Å². The van der Waals surface area contributed by atoms with Crippen LogP contribution in [0.1, 0.15) is 219 Å².